The van der Waals surface area contributed by atoms with Gasteiger partial charge in [-0.3, -0.25) is 19.8 Å². The van der Waals surface area contributed by atoms with Gasteiger partial charge in [-0.1, -0.05) is 0 Å². The van der Waals surface area contributed by atoms with E-state index < -0.39 is 0 Å². The molecule has 9 nitrogen and oxygen atoms in total. The van der Waals surface area contributed by atoms with Crippen molar-refractivity contribution in [1.82, 2.24) is 9.80 Å². The molecule has 1 aromatic rings. The molecule has 1 aromatic carbocycles. The minimum Gasteiger partial charge on any atom is -0.360 e. The second kappa shape index (κ2) is 7.75. The summed E-state index contributed by atoms with van der Waals surface area (Å²) in [6.45, 7) is 5.91. The van der Waals surface area contributed by atoms with E-state index in [1.807, 2.05) is 0 Å². The Labute approximate surface area is 163 Å². The molecule has 0 bridgehead atoms. The lowest BCUT2D eigenvalue weighted by molar-refractivity contribution is -0.900. The van der Waals surface area contributed by atoms with Gasteiger partial charge in [-0.2, -0.15) is 0 Å². The number of nitrogens with one attached hydrogen (secondary N) is 1. The molecule has 3 aliphatic heterocycles. The molecule has 0 unspecified atom stereocenters. The molecule has 9 heteroatoms. The van der Waals surface area contributed by atoms with Crippen LogP contribution in [0, 0.1) is 10.1 Å². The number of nitro benzene ring substituents is 1. The second-order valence-electron chi connectivity index (χ2n) is 7.74. The summed E-state index contributed by atoms with van der Waals surface area (Å²) in [5, 5.41) is 10.8. The molecule has 4 rings (SSSR count). The van der Waals surface area contributed by atoms with Gasteiger partial charge in [-0.25, -0.2) is 4.79 Å². The topological polar surface area (TPSA) is 91.4 Å². The van der Waals surface area contributed by atoms with E-state index in [0.717, 1.165) is 57.7 Å². The van der Waals surface area contributed by atoms with Gasteiger partial charge in [-0.15, -0.1) is 0 Å². The molecule has 3 saturated heterocycles. The van der Waals surface area contributed by atoms with E-state index in [-0.39, 0.29) is 28.6 Å². The van der Waals surface area contributed by atoms with Crippen LogP contribution in [0.4, 0.5) is 16.2 Å². The van der Waals surface area contributed by atoms with E-state index in [1.165, 1.54) is 9.80 Å². The summed E-state index contributed by atoms with van der Waals surface area (Å²) in [4.78, 5) is 41.9. The molecule has 28 heavy (non-hydrogen) atoms. The molecule has 0 saturated carbocycles. The van der Waals surface area contributed by atoms with Crippen molar-refractivity contribution in [2.75, 3.05) is 50.7 Å². The highest BCUT2D eigenvalue weighted by atomic mass is 16.6. The number of fused-ring (bicyclic) bond motifs is 1. The summed E-state index contributed by atoms with van der Waals surface area (Å²) >= 11 is 0. The first-order chi connectivity index (χ1) is 13.5. The van der Waals surface area contributed by atoms with E-state index in [1.54, 1.807) is 29.2 Å². The van der Waals surface area contributed by atoms with Gasteiger partial charge in [-0.05, 0) is 25.0 Å². The third kappa shape index (κ3) is 3.54. The highest BCUT2D eigenvalue weighted by molar-refractivity contribution is 6.04. The fourth-order valence-electron chi connectivity index (χ4n) is 4.49. The quantitative estimate of drug-likeness (QED) is 0.425. The SMILES string of the molecule is O=C1[C@H]2CCCN2C(=O)N1CCC[NH+]1CCN(c2ccc([N+](=O)[O-])cc2)CC1. The Kier molecular flexibility index (Phi) is 5.17. The monoisotopic (exact) mass is 388 g/mol. The molecule has 3 fully saturated rings. The maximum atomic E-state index is 12.4. The molecule has 3 heterocycles. The zero-order chi connectivity index (χ0) is 19.7. The minimum atomic E-state index is -0.383. The van der Waals surface area contributed by atoms with Gasteiger partial charge >= 0.3 is 6.03 Å². The first kappa shape index (κ1) is 18.7. The van der Waals surface area contributed by atoms with Gasteiger partial charge in [0.2, 0.25) is 0 Å². The van der Waals surface area contributed by atoms with Crippen molar-refractivity contribution >= 4 is 23.3 Å². The van der Waals surface area contributed by atoms with E-state index in [9.17, 15) is 19.7 Å². The predicted octanol–water partition coefficient (Wildman–Crippen LogP) is 0.116. The number of urea groups is 1. The van der Waals surface area contributed by atoms with Crippen molar-refractivity contribution in [3.05, 3.63) is 34.4 Å². The number of hydrogen-bond donors (Lipinski definition) is 1. The summed E-state index contributed by atoms with van der Waals surface area (Å²) in [6, 6.07) is 6.39. The lowest BCUT2D eigenvalue weighted by atomic mass is 10.2. The molecule has 1 N–H and O–H groups in total. The number of quaternary nitrogens is 1. The Morgan fingerprint density at radius 2 is 1.82 bits per heavy atom. The smallest absolute Gasteiger partial charge is 0.327 e. The van der Waals surface area contributed by atoms with Gasteiger partial charge in [0.25, 0.3) is 11.6 Å². The molecular formula is C19H26N5O4+. The van der Waals surface area contributed by atoms with Crippen LogP contribution in [0.5, 0.6) is 0 Å². The summed E-state index contributed by atoms with van der Waals surface area (Å²) < 4.78 is 0. The van der Waals surface area contributed by atoms with Gasteiger partial charge < -0.3 is 14.7 Å². The first-order valence-corrected chi connectivity index (χ1v) is 9.99. The van der Waals surface area contributed by atoms with E-state index in [2.05, 4.69) is 4.90 Å². The fraction of sp³-hybridized carbons (Fsp3) is 0.579. The van der Waals surface area contributed by atoms with Crippen LogP contribution < -0.4 is 9.80 Å². The van der Waals surface area contributed by atoms with Crippen LogP contribution in [-0.4, -0.2) is 78.5 Å². The molecule has 0 spiro atoms. The largest absolute Gasteiger partial charge is 0.360 e. The standard InChI is InChI=1S/C19H25N5O4/c25-18-17-3-1-9-22(17)19(26)23(18)10-2-8-20-11-13-21(14-12-20)15-4-6-16(7-5-15)24(27)28/h4-7,17H,1-3,8-14H2/p+1/t17-/m1/s1. The number of hydrogen-bond acceptors (Lipinski definition) is 5. The van der Waals surface area contributed by atoms with Crippen molar-refractivity contribution in [2.45, 2.75) is 25.3 Å². The zero-order valence-corrected chi connectivity index (χ0v) is 15.9. The lowest BCUT2D eigenvalue weighted by Gasteiger charge is -2.33. The number of non-ortho nitro benzene ring substituents is 1. The summed E-state index contributed by atoms with van der Waals surface area (Å²) in [5.74, 6) is -0.0134. The molecule has 3 amide bonds. The number of nitrogens with zero attached hydrogens (tertiary/aromatic N) is 4. The Balaban J connectivity index is 1.21. The van der Waals surface area contributed by atoms with Crippen LogP contribution in [-0.2, 0) is 4.79 Å². The van der Waals surface area contributed by atoms with Crippen molar-refractivity contribution in [1.29, 1.82) is 0 Å². The summed E-state index contributed by atoms with van der Waals surface area (Å²) in [5.41, 5.74) is 1.12. The van der Waals surface area contributed by atoms with Crippen LogP contribution in [0.15, 0.2) is 24.3 Å². The number of rotatable bonds is 6. The minimum absolute atomic E-state index is 0.0134. The van der Waals surface area contributed by atoms with Gasteiger partial charge in [0, 0.05) is 37.3 Å². The highest BCUT2D eigenvalue weighted by Crippen LogP contribution is 2.27. The summed E-state index contributed by atoms with van der Waals surface area (Å²) in [6.07, 6.45) is 2.56. The number of carbonyl (C=O) groups is 2. The van der Waals surface area contributed by atoms with Crippen LogP contribution >= 0.6 is 0 Å². The van der Waals surface area contributed by atoms with E-state index in [4.69, 9.17) is 0 Å². The van der Waals surface area contributed by atoms with E-state index in [0.29, 0.717) is 13.1 Å². The van der Waals surface area contributed by atoms with Crippen molar-refractivity contribution in [3.63, 3.8) is 0 Å². The van der Waals surface area contributed by atoms with Crippen molar-refractivity contribution in [3.8, 4) is 0 Å². The average molecular weight is 388 g/mol. The van der Waals surface area contributed by atoms with Crippen molar-refractivity contribution < 1.29 is 19.4 Å². The molecule has 150 valence electrons. The maximum absolute atomic E-state index is 12.4. The Morgan fingerprint density at radius 1 is 1.11 bits per heavy atom. The molecule has 3 aliphatic rings. The van der Waals surface area contributed by atoms with Crippen LogP contribution in [0.25, 0.3) is 0 Å². The zero-order valence-electron chi connectivity index (χ0n) is 15.9. The summed E-state index contributed by atoms with van der Waals surface area (Å²) in [7, 11) is 0. The fourth-order valence-corrected chi connectivity index (χ4v) is 4.49. The Hall–Kier alpha value is -2.68. The molecule has 1 atom stereocenters. The number of nitro groups is 1. The number of imide groups is 1. The predicted molar refractivity (Wildman–Crippen MR) is 102 cm³/mol. The molecular weight excluding hydrogens is 362 g/mol. The maximum Gasteiger partial charge on any atom is 0.327 e. The third-order valence-electron chi connectivity index (χ3n) is 6.09. The lowest BCUT2D eigenvalue weighted by Crippen LogP contribution is -3.15. The van der Waals surface area contributed by atoms with Crippen LogP contribution in [0.1, 0.15) is 19.3 Å². The number of amides is 3. The molecule has 0 radical (unpaired) electrons. The second-order valence-corrected chi connectivity index (χ2v) is 7.74. The van der Waals surface area contributed by atoms with Crippen LogP contribution in [0.2, 0.25) is 0 Å². The van der Waals surface area contributed by atoms with Gasteiger partial charge in [0.15, 0.2) is 0 Å². The normalized spacial score (nSPS) is 22.9. The average Bonchev–Trinajstić information content (AvgIpc) is 3.28. The first-order valence-electron chi connectivity index (χ1n) is 9.99. The Bertz CT molecular complexity index is 738. The molecule has 0 aliphatic carbocycles. The number of benzene rings is 1. The molecule has 0 aromatic heterocycles. The number of anilines is 1. The third-order valence-corrected chi connectivity index (χ3v) is 6.09. The van der Waals surface area contributed by atoms with Gasteiger partial charge in [0.05, 0.1) is 37.6 Å². The van der Waals surface area contributed by atoms with Crippen molar-refractivity contribution in [2.24, 2.45) is 0 Å². The van der Waals surface area contributed by atoms with E-state index >= 15 is 0 Å². The number of piperazine rings is 1. The van der Waals surface area contributed by atoms with Crippen LogP contribution in [0.3, 0.4) is 0 Å². The number of carbonyl (C=O) groups excluding carboxylic acids is 2. The highest BCUT2D eigenvalue weighted by Gasteiger charge is 2.46. The Morgan fingerprint density at radius 3 is 2.46 bits per heavy atom. The van der Waals surface area contributed by atoms with Gasteiger partial charge in [0.1, 0.15) is 6.04 Å².